The number of hydrogen-bond acceptors (Lipinski definition) is 10. The van der Waals surface area contributed by atoms with Crippen LogP contribution < -0.4 is 38.7 Å². The third-order valence-corrected chi connectivity index (χ3v) is 9.51. The van der Waals surface area contributed by atoms with Crippen molar-refractivity contribution in [3.8, 4) is 0 Å². The van der Waals surface area contributed by atoms with Crippen molar-refractivity contribution in [1.82, 2.24) is 16.1 Å². The molecule has 0 spiro atoms. The van der Waals surface area contributed by atoms with Gasteiger partial charge in [-0.3, -0.25) is 29.4 Å². The van der Waals surface area contributed by atoms with Crippen LogP contribution in [0.4, 0.5) is 5.69 Å². The summed E-state index contributed by atoms with van der Waals surface area (Å²) < 4.78 is 0. The maximum absolute atomic E-state index is 11.8. The molecule has 3 atom stereocenters. The lowest BCUT2D eigenvalue weighted by molar-refractivity contribution is -0.126. The number of benzene rings is 1. The summed E-state index contributed by atoms with van der Waals surface area (Å²) >= 11 is 1.56. The second-order valence-electron chi connectivity index (χ2n) is 12.8. The van der Waals surface area contributed by atoms with E-state index in [2.05, 4.69) is 34.0 Å². The lowest BCUT2D eigenvalue weighted by Crippen LogP contribution is -2.37. The molecule has 2 fully saturated rings. The number of hydrazine groups is 1. The molecule has 302 valence electrons. The molecule has 5 amide bonds. The molecule has 15 heteroatoms. The van der Waals surface area contributed by atoms with Crippen LogP contribution in [0.5, 0.6) is 0 Å². The zero-order chi connectivity index (χ0) is 40.1. The molecule has 14 nitrogen and oxygen atoms in total. The third kappa shape index (κ3) is 31.3. The van der Waals surface area contributed by atoms with Crippen LogP contribution in [0.1, 0.15) is 117 Å². The SMILES string of the molecule is CCCCCCNC(=O)CC(C=O)SCCCCCC(C)C=O.CNc1ccccc1.NC(=O)C1CCC(=O)N1.NC=O.NNC(=O)C1CCCCC1. The average Bonchev–Trinajstić information content (AvgIpc) is 3.63. The Morgan fingerprint density at radius 1 is 0.943 bits per heavy atom. The predicted molar refractivity (Wildman–Crippen MR) is 213 cm³/mol. The van der Waals surface area contributed by atoms with Crippen LogP contribution in [-0.2, 0) is 33.6 Å². The predicted octanol–water partition coefficient (Wildman–Crippen LogP) is 3.91. The van der Waals surface area contributed by atoms with Gasteiger partial charge in [0, 0.05) is 44.0 Å². The van der Waals surface area contributed by atoms with E-state index in [0.717, 1.165) is 75.4 Å². The van der Waals surface area contributed by atoms with E-state index >= 15 is 0 Å². The number of unbranched alkanes of at least 4 members (excludes halogenated alkanes) is 5. The van der Waals surface area contributed by atoms with Crippen molar-refractivity contribution in [2.75, 3.05) is 24.7 Å². The molecule has 1 aromatic carbocycles. The Labute approximate surface area is 321 Å². The van der Waals surface area contributed by atoms with E-state index in [4.69, 9.17) is 16.4 Å². The summed E-state index contributed by atoms with van der Waals surface area (Å²) in [6, 6.07) is 9.65. The molecule has 1 saturated heterocycles. The van der Waals surface area contributed by atoms with Crippen molar-refractivity contribution in [2.45, 2.75) is 128 Å². The Bertz CT molecular complexity index is 1130. The van der Waals surface area contributed by atoms with Gasteiger partial charge in [-0.1, -0.05) is 83.4 Å². The molecule has 1 heterocycles. The molecule has 1 aliphatic heterocycles. The molecule has 3 rings (SSSR count). The fourth-order valence-electron chi connectivity index (χ4n) is 5.14. The Balaban J connectivity index is 0. The Morgan fingerprint density at radius 2 is 1.58 bits per heavy atom. The Morgan fingerprint density at radius 3 is 2.06 bits per heavy atom. The van der Waals surface area contributed by atoms with Gasteiger partial charge in [0.2, 0.25) is 30.0 Å². The Kier molecular flexibility index (Phi) is 35.1. The smallest absolute Gasteiger partial charge is 0.240 e. The zero-order valence-corrected chi connectivity index (χ0v) is 33.0. The number of rotatable bonds is 19. The number of carbonyl (C=O) groups excluding carboxylic acids is 7. The van der Waals surface area contributed by atoms with Gasteiger partial charge in [-0.2, -0.15) is 11.8 Å². The maximum Gasteiger partial charge on any atom is 0.240 e. The van der Waals surface area contributed by atoms with E-state index in [9.17, 15) is 28.8 Å². The first-order valence-electron chi connectivity index (χ1n) is 18.8. The van der Waals surface area contributed by atoms with Crippen molar-refractivity contribution in [3.63, 3.8) is 0 Å². The third-order valence-electron chi connectivity index (χ3n) is 8.28. The van der Waals surface area contributed by atoms with Crippen molar-refractivity contribution in [2.24, 2.45) is 29.1 Å². The second kappa shape index (κ2) is 36.4. The average molecular weight is 766 g/mol. The number of para-hydroxylation sites is 1. The minimum absolute atomic E-state index is 0.0136. The number of nitrogens with one attached hydrogen (secondary N) is 4. The highest BCUT2D eigenvalue weighted by atomic mass is 32.2. The summed E-state index contributed by atoms with van der Waals surface area (Å²) in [5.41, 5.74) is 12.4. The van der Waals surface area contributed by atoms with Crippen LogP contribution in [0.2, 0.25) is 0 Å². The van der Waals surface area contributed by atoms with Gasteiger partial charge in [0.15, 0.2) is 0 Å². The first kappa shape index (κ1) is 51.1. The number of amides is 5. The molecule has 1 aliphatic carbocycles. The molecule has 0 bridgehead atoms. The van der Waals surface area contributed by atoms with Crippen LogP contribution in [-0.4, -0.2) is 73.2 Å². The number of hydrogen-bond donors (Lipinski definition) is 7. The van der Waals surface area contributed by atoms with Crippen LogP contribution >= 0.6 is 11.8 Å². The minimum Gasteiger partial charge on any atom is -0.388 e. The molecule has 2 aliphatic rings. The van der Waals surface area contributed by atoms with Crippen molar-refractivity contribution < 1.29 is 33.6 Å². The normalized spacial score (nSPS) is 15.5. The van der Waals surface area contributed by atoms with Crippen molar-refractivity contribution in [1.29, 1.82) is 0 Å². The van der Waals surface area contributed by atoms with Gasteiger partial charge < -0.3 is 37.0 Å². The number of thioether (sulfide) groups is 1. The minimum atomic E-state index is -0.444. The summed E-state index contributed by atoms with van der Waals surface area (Å²) in [5, 5.41) is 8.12. The van der Waals surface area contributed by atoms with Gasteiger partial charge in [0.1, 0.15) is 18.6 Å². The number of anilines is 1. The molecule has 1 saturated carbocycles. The lowest BCUT2D eigenvalue weighted by atomic mass is 9.89. The number of aldehydes is 2. The standard InChI is InChI=1S/C18H33NO3S.C7H14N2O.C7H9N.C5H8N2O2.CH3NO/c1-3-4-5-8-11-19-18(22)13-17(15-21)23-12-9-6-7-10-16(2)14-20;8-9-7(10)6-4-2-1-3-5-6;1-8-7-5-3-2-4-6-7;6-5(9)3-1-2-4(8)7-3;2-1-3/h14-17H,3-13H2,1-2H3,(H,19,22);6H,1-5,8H2,(H,9,10);2-6,8H,1H3;3H,1-2H2,(H2,6,9)(H,7,8);1H,(H2,2,3). The first-order valence-corrected chi connectivity index (χ1v) is 19.8. The molecule has 0 radical (unpaired) electrons. The molecule has 53 heavy (non-hydrogen) atoms. The maximum atomic E-state index is 11.8. The molecule has 0 aromatic heterocycles. The monoisotopic (exact) mass is 765 g/mol. The van der Waals surface area contributed by atoms with Crippen LogP contribution in [0.3, 0.4) is 0 Å². The number of carbonyl (C=O) groups is 7. The van der Waals surface area contributed by atoms with E-state index in [0.29, 0.717) is 19.4 Å². The quantitative estimate of drug-likeness (QED) is 0.0352. The topological polar surface area (TPSA) is 246 Å². The van der Waals surface area contributed by atoms with Crippen LogP contribution in [0.15, 0.2) is 30.3 Å². The molecular weight excluding hydrogens is 699 g/mol. The highest BCUT2D eigenvalue weighted by Crippen LogP contribution is 2.23. The summed E-state index contributed by atoms with van der Waals surface area (Å²) in [6.07, 6.45) is 17.7. The molecular formula is C38H67N7O7S. The molecule has 3 unspecified atom stereocenters. The molecule has 1 aromatic rings. The number of primary amides is 2. The van der Waals surface area contributed by atoms with Gasteiger partial charge in [0.05, 0.1) is 5.25 Å². The van der Waals surface area contributed by atoms with Crippen molar-refractivity contribution in [3.05, 3.63) is 30.3 Å². The van der Waals surface area contributed by atoms with Gasteiger partial charge >= 0.3 is 0 Å². The summed E-state index contributed by atoms with van der Waals surface area (Å²) in [5.74, 6) is 5.70. The summed E-state index contributed by atoms with van der Waals surface area (Å²) in [6.45, 7) is 4.81. The van der Waals surface area contributed by atoms with E-state index in [-0.39, 0.29) is 47.6 Å². The fourth-order valence-corrected chi connectivity index (χ4v) is 6.16. The first-order chi connectivity index (χ1) is 25.5. The van der Waals surface area contributed by atoms with E-state index in [1.807, 2.05) is 44.3 Å². The highest BCUT2D eigenvalue weighted by molar-refractivity contribution is 8.00. The molecule has 10 N–H and O–H groups in total. The van der Waals surface area contributed by atoms with Crippen LogP contribution in [0, 0.1) is 11.8 Å². The summed E-state index contributed by atoms with van der Waals surface area (Å²) in [7, 11) is 1.91. The highest BCUT2D eigenvalue weighted by Gasteiger charge is 2.24. The van der Waals surface area contributed by atoms with Crippen molar-refractivity contribution >= 4 is 60.1 Å². The lowest BCUT2D eigenvalue weighted by Gasteiger charge is -2.19. The second-order valence-corrected chi connectivity index (χ2v) is 14.1. The van der Waals surface area contributed by atoms with Gasteiger partial charge in [0.25, 0.3) is 0 Å². The largest absolute Gasteiger partial charge is 0.388 e. The zero-order valence-electron chi connectivity index (χ0n) is 32.2. The van der Waals surface area contributed by atoms with Crippen LogP contribution in [0.25, 0.3) is 0 Å². The van der Waals surface area contributed by atoms with E-state index < -0.39 is 11.9 Å². The van der Waals surface area contributed by atoms with E-state index in [1.165, 1.54) is 32.1 Å². The Hall–Kier alpha value is -3.98. The van der Waals surface area contributed by atoms with Gasteiger partial charge in [-0.05, 0) is 56.4 Å². The number of nitrogens with two attached hydrogens (primary N) is 3. The van der Waals surface area contributed by atoms with Gasteiger partial charge in [-0.25, -0.2) is 5.84 Å². The van der Waals surface area contributed by atoms with E-state index in [1.54, 1.807) is 11.8 Å². The summed E-state index contributed by atoms with van der Waals surface area (Å²) in [4.78, 5) is 73.6. The van der Waals surface area contributed by atoms with Gasteiger partial charge in [-0.15, -0.1) is 0 Å². The fraction of sp³-hybridized carbons (Fsp3) is 0.658.